The lowest BCUT2D eigenvalue weighted by molar-refractivity contribution is -0.129. The molecule has 0 aromatic carbocycles. The van der Waals surface area contributed by atoms with E-state index >= 15 is 0 Å². The molecule has 0 aliphatic carbocycles. The van der Waals surface area contributed by atoms with E-state index in [1.807, 2.05) is 6.20 Å². The predicted octanol–water partition coefficient (Wildman–Crippen LogP) is 1.94. The molecule has 2 aliphatic rings. The summed E-state index contributed by atoms with van der Waals surface area (Å²) in [5, 5.41) is 0. The third-order valence-electron chi connectivity index (χ3n) is 4.63. The highest BCUT2D eigenvalue weighted by atomic mass is 16.2. The fourth-order valence-corrected chi connectivity index (χ4v) is 3.42. The Morgan fingerprint density at radius 3 is 2.90 bits per heavy atom. The van der Waals surface area contributed by atoms with Gasteiger partial charge in [0.2, 0.25) is 11.9 Å². The quantitative estimate of drug-likeness (QED) is 0.853. The fraction of sp³-hybridized carbons (Fsp3) is 0.688. The van der Waals surface area contributed by atoms with E-state index < -0.39 is 0 Å². The van der Waals surface area contributed by atoms with Crippen LogP contribution in [0.3, 0.4) is 0 Å². The van der Waals surface area contributed by atoms with Crippen LogP contribution in [0.1, 0.15) is 43.9 Å². The minimum absolute atomic E-state index is 0.320. The molecule has 0 bridgehead atoms. The van der Waals surface area contributed by atoms with Crippen molar-refractivity contribution in [3.8, 4) is 0 Å². The number of carbonyl (C=O) groups excluding carboxylic acids is 1. The molecule has 3 rings (SSSR count). The molecule has 3 heterocycles. The maximum Gasteiger partial charge on any atom is 0.225 e. The van der Waals surface area contributed by atoms with E-state index in [1.54, 1.807) is 0 Å². The van der Waals surface area contributed by atoms with Gasteiger partial charge in [0.05, 0.1) is 0 Å². The van der Waals surface area contributed by atoms with E-state index in [2.05, 4.69) is 28.6 Å². The molecule has 5 heteroatoms. The summed E-state index contributed by atoms with van der Waals surface area (Å²) >= 11 is 0. The predicted molar refractivity (Wildman–Crippen MR) is 82.3 cm³/mol. The van der Waals surface area contributed by atoms with E-state index in [0.29, 0.717) is 11.9 Å². The summed E-state index contributed by atoms with van der Waals surface area (Å²) in [6.45, 7) is 6.97. The van der Waals surface area contributed by atoms with Crippen LogP contribution in [0.4, 0.5) is 5.95 Å². The van der Waals surface area contributed by atoms with Crippen LogP contribution in [0.5, 0.6) is 0 Å². The van der Waals surface area contributed by atoms with Crippen LogP contribution in [0.25, 0.3) is 0 Å². The Morgan fingerprint density at radius 1 is 1.33 bits per heavy atom. The Hall–Kier alpha value is -1.65. The van der Waals surface area contributed by atoms with Gasteiger partial charge in [-0.05, 0) is 38.2 Å². The van der Waals surface area contributed by atoms with E-state index in [4.69, 9.17) is 4.98 Å². The molecule has 0 N–H and O–H groups in total. The van der Waals surface area contributed by atoms with Crippen LogP contribution in [0.2, 0.25) is 0 Å². The van der Waals surface area contributed by atoms with Crippen LogP contribution in [-0.2, 0) is 11.2 Å². The molecule has 0 spiro atoms. The molecule has 1 aromatic heterocycles. The first-order chi connectivity index (χ1) is 10.2. The summed E-state index contributed by atoms with van der Waals surface area (Å²) in [4.78, 5) is 25.5. The Balaban J connectivity index is 1.75. The molecule has 2 saturated heterocycles. The van der Waals surface area contributed by atoms with Crippen molar-refractivity contribution in [2.45, 2.75) is 52.0 Å². The number of nitrogens with zero attached hydrogens (tertiary/aromatic N) is 4. The Morgan fingerprint density at radius 2 is 2.19 bits per heavy atom. The molecule has 5 nitrogen and oxygen atoms in total. The smallest absolute Gasteiger partial charge is 0.225 e. The summed E-state index contributed by atoms with van der Waals surface area (Å²) in [7, 11) is 0. The summed E-state index contributed by atoms with van der Waals surface area (Å²) in [6, 6.07) is 0.337. The van der Waals surface area contributed by atoms with Gasteiger partial charge >= 0.3 is 0 Å². The number of piperidine rings is 1. The van der Waals surface area contributed by atoms with Gasteiger partial charge in [0.15, 0.2) is 0 Å². The van der Waals surface area contributed by atoms with Crippen molar-refractivity contribution in [1.29, 1.82) is 0 Å². The average Bonchev–Trinajstić information content (AvgIpc) is 2.94. The van der Waals surface area contributed by atoms with Crippen molar-refractivity contribution in [2.75, 3.05) is 24.5 Å². The van der Waals surface area contributed by atoms with Gasteiger partial charge in [-0.15, -0.1) is 0 Å². The van der Waals surface area contributed by atoms with Crippen LogP contribution >= 0.6 is 0 Å². The number of hydrogen-bond acceptors (Lipinski definition) is 4. The maximum atomic E-state index is 11.9. The summed E-state index contributed by atoms with van der Waals surface area (Å²) in [5.74, 6) is 1.15. The lowest BCUT2D eigenvalue weighted by atomic mass is 10.0. The first-order valence-corrected chi connectivity index (χ1v) is 8.06. The number of hydrogen-bond donors (Lipinski definition) is 0. The van der Waals surface area contributed by atoms with Gasteiger partial charge in [-0.1, -0.05) is 6.92 Å². The monoisotopic (exact) mass is 288 g/mol. The SMILES string of the molecule is CCc1nc(N2CCC[C@H](N3CCCC3=O)C2)ncc1C. The second-order valence-electron chi connectivity index (χ2n) is 6.09. The highest BCUT2D eigenvalue weighted by Crippen LogP contribution is 2.24. The molecule has 1 aromatic rings. The van der Waals surface area contributed by atoms with Gasteiger partial charge < -0.3 is 9.80 Å². The van der Waals surface area contributed by atoms with Crippen molar-refractivity contribution in [3.05, 3.63) is 17.5 Å². The number of anilines is 1. The lowest BCUT2D eigenvalue weighted by Gasteiger charge is -2.37. The molecule has 1 atom stereocenters. The van der Waals surface area contributed by atoms with Crippen LogP contribution in [0, 0.1) is 6.92 Å². The van der Waals surface area contributed by atoms with E-state index in [9.17, 15) is 4.79 Å². The first kappa shape index (κ1) is 14.3. The van der Waals surface area contributed by atoms with Crippen molar-refractivity contribution in [1.82, 2.24) is 14.9 Å². The highest BCUT2D eigenvalue weighted by molar-refractivity contribution is 5.78. The number of likely N-dealkylation sites (tertiary alicyclic amines) is 1. The first-order valence-electron chi connectivity index (χ1n) is 8.06. The molecule has 2 aliphatic heterocycles. The van der Waals surface area contributed by atoms with Crippen LogP contribution in [-0.4, -0.2) is 46.5 Å². The van der Waals surface area contributed by atoms with Crippen molar-refractivity contribution in [3.63, 3.8) is 0 Å². The zero-order chi connectivity index (χ0) is 14.8. The second-order valence-corrected chi connectivity index (χ2v) is 6.09. The average molecular weight is 288 g/mol. The van der Waals surface area contributed by atoms with E-state index in [-0.39, 0.29) is 0 Å². The molecule has 2 fully saturated rings. The van der Waals surface area contributed by atoms with Crippen molar-refractivity contribution >= 4 is 11.9 Å². The third-order valence-corrected chi connectivity index (χ3v) is 4.63. The van der Waals surface area contributed by atoms with Gasteiger partial charge in [-0.2, -0.15) is 0 Å². The molecule has 114 valence electrons. The normalized spacial score (nSPS) is 23.0. The third kappa shape index (κ3) is 2.87. The van der Waals surface area contributed by atoms with Gasteiger partial charge in [-0.3, -0.25) is 4.79 Å². The van der Waals surface area contributed by atoms with Crippen LogP contribution < -0.4 is 4.90 Å². The molecule has 0 saturated carbocycles. The summed E-state index contributed by atoms with van der Waals surface area (Å²) in [5.41, 5.74) is 2.28. The van der Waals surface area contributed by atoms with Gasteiger partial charge in [0.1, 0.15) is 0 Å². The Bertz CT molecular complexity index is 531. The minimum Gasteiger partial charge on any atom is -0.339 e. The fourth-order valence-electron chi connectivity index (χ4n) is 3.42. The van der Waals surface area contributed by atoms with E-state index in [0.717, 1.165) is 68.9 Å². The number of rotatable bonds is 3. The van der Waals surface area contributed by atoms with E-state index in [1.165, 1.54) is 0 Å². The van der Waals surface area contributed by atoms with Gasteiger partial charge in [-0.25, -0.2) is 9.97 Å². The number of aromatic nitrogens is 2. The number of amides is 1. The van der Waals surface area contributed by atoms with Crippen LogP contribution in [0.15, 0.2) is 6.20 Å². The molecular weight excluding hydrogens is 264 g/mol. The number of carbonyl (C=O) groups is 1. The molecule has 0 unspecified atom stereocenters. The molecule has 0 radical (unpaired) electrons. The standard InChI is InChI=1S/C16H24N4O/c1-3-14-12(2)10-17-16(18-14)19-8-4-6-13(11-19)20-9-5-7-15(20)21/h10,13H,3-9,11H2,1-2H3/t13-/m0/s1. The van der Waals surface area contributed by atoms with Crippen molar-refractivity contribution in [2.24, 2.45) is 0 Å². The maximum absolute atomic E-state index is 11.9. The van der Waals surface area contributed by atoms with Crippen molar-refractivity contribution < 1.29 is 4.79 Å². The lowest BCUT2D eigenvalue weighted by Crippen LogP contribution is -2.49. The largest absolute Gasteiger partial charge is 0.339 e. The molecular formula is C16H24N4O. The highest BCUT2D eigenvalue weighted by Gasteiger charge is 2.32. The second kappa shape index (κ2) is 6.00. The molecule has 21 heavy (non-hydrogen) atoms. The topological polar surface area (TPSA) is 49.3 Å². The summed E-state index contributed by atoms with van der Waals surface area (Å²) in [6.07, 6.45) is 6.80. The molecule has 1 amide bonds. The number of aryl methyl sites for hydroxylation is 2. The Labute approximate surface area is 126 Å². The Kier molecular flexibility index (Phi) is 4.08. The minimum atomic E-state index is 0.320. The zero-order valence-electron chi connectivity index (χ0n) is 13.0. The van der Waals surface area contributed by atoms with Gasteiger partial charge in [0.25, 0.3) is 0 Å². The van der Waals surface area contributed by atoms with Gasteiger partial charge in [0, 0.05) is 44.0 Å². The zero-order valence-corrected chi connectivity index (χ0v) is 13.0. The summed E-state index contributed by atoms with van der Waals surface area (Å²) < 4.78 is 0.